The summed E-state index contributed by atoms with van der Waals surface area (Å²) >= 11 is 0. The second-order valence-electron chi connectivity index (χ2n) is 8.33. The summed E-state index contributed by atoms with van der Waals surface area (Å²) in [5.41, 5.74) is 3.86. The van der Waals surface area contributed by atoms with Gasteiger partial charge in [0.1, 0.15) is 0 Å². The lowest BCUT2D eigenvalue weighted by molar-refractivity contribution is 0.124. The van der Waals surface area contributed by atoms with Crippen LogP contribution in [-0.2, 0) is 6.42 Å². The molecule has 1 aromatic heterocycles. The highest BCUT2D eigenvalue weighted by Gasteiger charge is 2.17. The fourth-order valence-corrected chi connectivity index (χ4v) is 4.11. The van der Waals surface area contributed by atoms with Gasteiger partial charge in [-0.3, -0.25) is 4.99 Å². The molecule has 0 saturated carbocycles. The number of H-pyrrole nitrogens is 1. The van der Waals surface area contributed by atoms with Gasteiger partial charge in [0.15, 0.2) is 5.96 Å². The Morgan fingerprint density at radius 3 is 2.60 bits per heavy atom. The van der Waals surface area contributed by atoms with E-state index in [2.05, 4.69) is 75.6 Å². The number of aromatic nitrogens is 1. The number of guanidine groups is 1. The first kappa shape index (κ1) is 24.9. The Kier molecular flexibility index (Phi) is 10.4. The molecule has 0 bridgehead atoms. The summed E-state index contributed by atoms with van der Waals surface area (Å²) < 4.78 is 0. The number of fused-ring (bicyclic) bond motifs is 1. The largest absolute Gasteiger partial charge is 0.361 e. The number of piperazine rings is 1. The average molecular weight is 527 g/mol. The van der Waals surface area contributed by atoms with Gasteiger partial charge >= 0.3 is 0 Å². The van der Waals surface area contributed by atoms with Gasteiger partial charge in [-0.2, -0.15) is 0 Å². The zero-order chi connectivity index (χ0) is 20.6. The van der Waals surface area contributed by atoms with Gasteiger partial charge in [0, 0.05) is 70.0 Å². The van der Waals surface area contributed by atoms with Crippen LogP contribution in [0.1, 0.15) is 25.0 Å². The maximum atomic E-state index is 4.39. The van der Waals surface area contributed by atoms with E-state index >= 15 is 0 Å². The molecule has 1 unspecified atom stereocenters. The molecule has 0 radical (unpaired) electrons. The molecule has 168 valence electrons. The van der Waals surface area contributed by atoms with E-state index in [1.54, 1.807) is 0 Å². The van der Waals surface area contributed by atoms with Gasteiger partial charge in [-0.1, -0.05) is 26.0 Å². The van der Waals surface area contributed by atoms with Crippen LogP contribution in [-0.4, -0.2) is 80.1 Å². The van der Waals surface area contributed by atoms with E-state index in [4.69, 9.17) is 0 Å². The van der Waals surface area contributed by atoms with Crippen LogP contribution in [0.3, 0.4) is 0 Å². The van der Waals surface area contributed by atoms with Crippen LogP contribution in [0.2, 0.25) is 0 Å². The van der Waals surface area contributed by atoms with Crippen LogP contribution in [0.15, 0.2) is 29.4 Å². The van der Waals surface area contributed by atoms with Gasteiger partial charge in [-0.25, -0.2) is 0 Å². The number of aliphatic imine (C=N–C) groups is 1. The number of aromatic amines is 1. The predicted molar refractivity (Wildman–Crippen MR) is 139 cm³/mol. The van der Waals surface area contributed by atoms with Crippen molar-refractivity contribution in [2.24, 2.45) is 10.9 Å². The van der Waals surface area contributed by atoms with Crippen LogP contribution in [0.5, 0.6) is 0 Å². The van der Waals surface area contributed by atoms with Crippen molar-refractivity contribution < 1.29 is 0 Å². The number of aryl methyl sites for hydroxylation is 1. The van der Waals surface area contributed by atoms with Gasteiger partial charge in [0.05, 0.1) is 0 Å². The van der Waals surface area contributed by atoms with E-state index in [9.17, 15) is 0 Å². The smallest absolute Gasteiger partial charge is 0.190 e. The Morgan fingerprint density at radius 1 is 1.17 bits per heavy atom. The van der Waals surface area contributed by atoms with E-state index in [1.807, 2.05) is 7.05 Å². The minimum atomic E-state index is 0. The van der Waals surface area contributed by atoms with Crippen LogP contribution in [0, 0.1) is 12.8 Å². The van der Waals surface area contributed by atoms with Gasteiger partial charge in [-0.15, -0.1) is 24.0 Å². The first-order valence-corrected chi connectivity index (χ1v) is 11.0. The van der Waals surface area contributed by atoms with Crippen LogP contribution in [0.4, 0.5) is 0 Å². The van der Waals surface area contributed by atoms with Gasteiger partial charge in [-0.05, 0) is 43.0 Å². The second kappa shape index (κ2) is 12.5. The molecule has 1 saturated heterocycles. The highest BCUT2D eigenvalue weighted by atomic mass is 127. The number of nitrogens with one attached hydrogen (secondary N) is 3. The summed E-state index contributed by atoms with van der Waals surface area (Å²) in [6.07, 6.45) is 3.10. The first-order chi connectivity index (χ1) is 14.1. The molecule has 3 rings (SSSR count). The average Bonchev–Trinajstić information content (AvgIpc) is 3.13. The molecule has 1 aromatic carbocycles. The van der Waals surface area contributed by atoms with Crippen molar-refractivity contribution in [2.45, 2.75) is 27.2 Å². The van der Waals surface area contributed by atoms with Crippen LogP contribution >= 0.6 is 24.0 Å². The number of hydrogen-bond donors (Lipinski definition) is 3. The molecule has 1 aliphatic heterocycles. The van der Waals surface area contributed by atoms with Gasteiger partial charge in [0.2, 0.25) is 0 Å². The highest BCUT2D eigenvalue weighted by molar-refractivity contribution is 14.0. The summed E-state index contributed by atoms with van der Waals surface area (Å²) in [5.74, 6) is 1.49. The van der Waals surface area contributed by atoms with Crippen molar-refractivity contribution in [3.05, 3.63) is 35.5 Å². The number of nitrogens with zero attached hydrogens (tertiary/aromatic N) is 3. The molecule has 0 spiro atoms. The first-order valence-electron chi connectivity index (χ1n) is 11.0. The highest BCUT2D eigenvalue weighted by Crippen LogP contribution is 2.19. The standard InChI is InChI=1S/C23H38N6.HI/c1-5-28-10-12-29(13-11-28)17-19(3)15-27-23(24-4)25-9-8-20-16-26-22-14-18(2)6-7-21(20)22;/h6-7,14,16,19,26H,5,8-13,15,17H2,1-4H3,(H2,24,25,27);1H. The maximum absolute atomic E-state index is 4.39. The Labute approximate surface area is 198 Å². The van der Waals surface area contributed by atoms with Crippen molar-refractivity contribution in [1.82, 2.24) is 25.4 Å². The minimum Gasteiger partial charge on any atom is -0.361 e. The molecule has 30 heavy (non-hydrogen) atoms. The minimum absolute atomic E-state index is 0. The lowest BCUT2D eigenvalue weighted by Crippen LogP contribution is -2.48. The van der Waals surface area contributed by atoms with E-state index < -0.39 is 0 Å². The fraction of sp³-hybridized carbons (Fsp3) is 0.609. The van der Waals surface area contributed by atoms with E-state index in [0.29, 0.717) is 5.92 Å². The number of likely N-dealkylation sites (N-methyl/N-ethyl adjacent to an activating group) is 1. The normalized spacial score (nSPS) is 17.0. The molecule has 1 aliphatic rings. The number of hydrogen-bond acceptors (Lipinski definition) is 3. The SMILES string of the molecule is CCN1CCN(CC(C)CNC(=NC)NCCc2c[nH]c3cc(C)ccc23)CC1.I. The molecule has 1 atom stereocenters. The summed E-state index contributed by atoms with van der Waals surface area (Å²) in [4.78, 5) is 12.9. The number of halogens is 1. The van der Waals surface area contributed by atoms with Crippen LogP contribution in [0.25, 0.3) is 10.9 Å². The van der Waals surface area contributed by atoms with Crippen LogP contribution < -0.4 is 10.6 Å². The Hall–Kier alpha value is -1.32. The molecule has 7 heteroatoms. The molecule has 3 N–H and O–H groups in total. The van der Waals surface area contributed by atoms with Crippen molar-refractivity contribution in [3.8, 4) is 0 Å². The third-order valence-corrected chi connectivity index (χ3v) is 5.93. The lowest BCUT2D eigenvalue weighted by atomic mass is 10.1. The fourth-order valence-electron chi connectivity index (χ4n) is 4.11. The Balaban J connectivity index is 0.00000320. The van der Waals surface area contributed by atoms with E-state index in [-0.39, 0.29) is 24.0 Å². The van der Waals surface area contributed by atoms with Gasteiger partial charge < -0.3 is 25.4 Å². The molecule has 1 fully saturated rings. The van der Waals surface area contributed by atoms with Crippen molar-refractivity contribution >= 4 is 40.8 Å². The molecule has 6 nitrogen and oxygen atoms in total. The summed E-state index contributed by atoms with van der Waals surface area (Å²) in [5, 5.41) is 8.28. The lowest BCUT2D eigenvalue weighted by Gasteiger charge is -2.35. The molecular formula is C23H39IN6. The monoisotopic (exact) mass is 526 g/mol. The van der Waals surface area contributed by atoms with Crippen molar-refractivity contribution in [1.29, 1.82) is 0 Å². The maximum Gasteiger partial charge on any atom is 0.190 e. The Morgan fingerprint density at radius 2 is 1.90 bits per heavy atom. The molecule has 0 amide bonds. The van der Waals surface area contributed by atoms with Gasteiger partial charge in [0.25, 0.3) is 0 Å². The summed E-state index contributed by atoms with van der Waals surface area (Å²) in [6, 6.07) is 6.60. The van der Waals surface area contributed by atoms with Crippen molar-refractivity contribution in [2.75, 3.05) is 59.4 Å². The number of benzene rings is 1. The summed E-state index contributed by atoms with van der Waals surface area (Å²) in [7, 11) is 1.85. The van der Waals surface area contributed by atoms with E-state index in [1.165, 1.54) is 54.8 Å². The molecule has 2 aromatic rings. The topological polar surface area (TPSA) is 58.7 Å². The summed E-state index contributed by atoms with van der Waals surface area (Å²) in [6.45, 7) is 15.6. The molecule has 2 heterocycles. The second-order valence-corrected chi connectivity index (χ2v) is 8.33. The quantitative estimate of drug-likeness (QED) is 0.281. The van der Waals surface area contributed by atoms with E-state index in [0.717, 1.165) is 32.0 Å². The molecular weight excluding hydrogens is 487 g/mol. The zero-order valence-electron chi connectivity index (χ0n) is 19.0. The zero-order valence-corrected chi connectivity index (χ0v) is 21.3. The third-order valence-electron chi connectivity index (χ3n) is 5.93. The molecule has 0 aliphatic carbocycles. The Bertz CT molecular complexity index is 794. The third kappa shape index (κ3) is 7.13. The predicted octanol–water partition coefficient (Wildman–Crippen LogP) is 3.08. The number of rotatable bonds is 8. The van der Waals surface area contributed by atoms with Crippen molar-refractivity contribution in [3.63, 3.8) is 0 Å².